The average molecular weight is 274 g/mol. The van der Waals surface area contributed by atoms with Crippen molar-refractivity contribution >= 4 is 5.91 Å². The van der Waals surface area contributed by atoms with E-state index < -0.39 is 5.91 Å². The lowest BCUT2D eigenvalue weighted by atomic mass is 10.1. The first-order chi connectivity index (χ1) is 9.56. The van der Waals surface area contributed by atoms with Gasteiger partial charge in [0, 0.05) is 24.5 Å². The lowest BCUT2D eigenvalue weighted by molar-refractivity contribution is 0.0952. The number of hydrogen-bond acceptors (Lipinski definition) is 2. The molecule has 2 rings (SSSR count). The van der Waals surface area contributed by atoms with E-state index in [0.29, 0.717) is 18.7 Å². The maximum absolute atomic E-state index is 13.0. The van der Waals surface area contributed by atoms with Gasteiger partial charge in [-0.2, -0.15) is 0 Å². The van der Waals surface area contributed by atoms with Gasteiger partial charge in [-0.1, -0.05) is 12.1 Å². The molecule has 104 valence electrons. The molecule has 0 aliphatic rings. The Morgan fingerprint density at radius 2 is 2.15 bits per heavy atom. The van der Waals surface area contributed by atoms with Gasteiger partial charge in [0.25, 0.3) is 5.91 Å². The summed E-state index contributed by atoms with van der Waals surface area (Å²) in [5, 5.41) is 2.65. The molecule has 4 nitrogen and oxygen atoms in total. The van der Waals surface area contributed by atoms with E-state index in [1.165, 1.54) is 24.4 Å². The molecule has 0 atom stereocenters. The minimum atomic E-state index is -0.428. The Labute approximate surface area is 115 Å². The maximum atomic E-state index is 13.0. The molecule has 1 amide bonds. The highest BCUT2D eigenvalue weighted by Gasteiger charge is 2.09. The van der Waals surface area contributed by atoms with E-state index in [1.807, 2.05) is 0 Å². The molecule has 5 heteroatoms. The van der Waals surface area contributed by atoms with Crippen LogP contribution in [0.5, 0.6) is 0 Å². The molecule has 0 radical (unpaired) electrons. The predicted molar refractivity (Wildman–Crippen MR) is 74.2 cm³/mol. The number of carbonyl (C=O) groups excluding carboxylic acids is 1. The molecule has 0 fully saturated rings. The van der Waals surface area contributed by atoms with E-state index >= 15 is 0 Å². The van der Waals surface area contributed by atoms with Crippen molar-refractivity contribution in [2.45, 2.75) is 13.3 Å². The normalized spacial score (nSPS) is 10.3. The molecule has 1 aromatic heterocycles. The fourth-order valence-electron chi connectivity index (χ4n) is 1.86. The molecule has 1 aromatic carbocycles. The minimum Gasteiger partial charge on any atom is -0.364 e. The zero-order chi connectivity index (χ0) is 14.5. The molecule has 0 saturated carbocycles. The fourth-order valence-corrected chi connectivity index (χ4v) is 1.86. The molecular formula is C15H15FN2O2. The van der Waals surface area contributed by atoms with Crippen LogP contribution in [-0.4, -0.2) is 17.4 Å². The van der Waals surface area contributed by atoms with Crippen LogP contribution in [-0.2, 0) is 6.42 Å². The quantitative estimate of drug-likeness (QED) is 0.893. The molecule has 0 saturated heterocycles. The summed E-state index contributed by atoms with van der Waals surface area (Å²) in [6.07, 6.45) is 1.91. The molecule has 2 N–H and O–H groups in total. The van der Waals surface area contributed by atoms with Crippen molar-refractivity contribution in [3.63, 3.8) is 0 Å². The monoisotopic (exact) mass is 274 g/mol. The molecule has 0 unspecified atom stereocenters. The number of amides is 1. The highest BCUT2D eigenvalue weighted by molar-refractivity contribution is 5.93. The van der Waals surface area contributed by atoms with Crippen LogP contribution < -0.4 is 10.7 Å². The van der Waals surface area contributed by atoms with Crippen LogP contribution in [0.1, 0.15) is 21.6 Å². The topological polar surface area (TPSA) is 62.0 Å². The van der Waals surface area contributed by atoms with Gasteiger partial charge in [0.1, 0.15) is 11.4 Å². The van der Waals surface area contributed by atoms with Gasteiger partial charge in [-0.15, -0.1) is 0 Å². The molecule has 0 bridgehead atoms. The Balaban J connectivity index is 1.94. The summed E-state index contributed by atoms with van der Waals surface area (Å²) in [5.74, 6) is -0.730. The van der Waals surface area contributed by atoms with Crippen LogP contribution in [0.4, 0.5) is 4.39 Å². The van der Waals surface area contributed by atoms with Crippen LogP contribution in [0.2, 0.25) is 0 Å². The summed E-state index contributed by atoms with van der Waals surface area (Å²) in [7, 11) is 0. The van der Waals surface area contributed by atoms with E-state index in [-0.39, 0.29) is 16.8 Å². The zero-order valence-corrected chi connectivity index (χ0v) is 11.1. The van der Waals surface area contributed by atoms with Gasteiger partial charge < -0.3 is 10.3 Å². The van der Waals surface area contributed by atoms with Crippen molar-refractivity contribution in [1.29, 1.82) is 0 Å². The first kappa shape index (κ1) is 14.0. The van der Waals surface area contributed by atoms with Gasteiger partial charge in [0.05, 0.1) is 0 Å². The van der Waals surface area contributed by atoms with Gasteiger partial charge in [-0.3, -0.25) is 9.59 Å². The van der Waals surface area contributed by atoms with Crippen molar-refractivity contribution in [1.82, 2.24) is 10.3 Å². The van der Waals surface area contributed by atoms with Crippen LogP contribution in [0.15, 0.2) is 41.3 Å². The first-order valence-corrected chi connectivity index (χ1v) is 6.28. The van der Waals surface area contributed by atoms with Gasteiger partial charge in [0.2, 0.25) is 0 Å². The standard InChI is InChI=1S/C15H15FN2O2/c1-10-7-14(19)13(9-18-10)15(20)17-6-5-11-3-2-4-12(16)8-11/h2-4,7-9H,5-6H2,1H3,(H,17,20)(H,18,19). The third-order valence-electron chi connectivity index (χ3n) is 2.89. The average Bonchev–Trinajstić information content (AvgIpc) is 2.38. The number of aryl methyl sites for hydroxylation is 1. The third kappa shape index (κ3) is 3.54. The molecule has 0 aliphatic carbocycles. The van der Waals surface area contributed by atoms with Crippen LogP contribution in [0.25, 0.3) is 0 Å². The molecular weight excluding hydrogens is 259 g/mol. The predicted octanol–water partition coefficient (Wildman–Crippen LogP) is 1.79. The number of nitrogens with one attached hydrogen (secondary N) is 2. The van der Waals surface area contributed by atoms with Crippen LogP contribution in [0, 0.1) is 12.7 Å². The minimum absolute atomic E-state index is 0.0786. The van der Waals surface area contributed by atoms with Crippen molar-refractivity contribution in [3.05, 3.63) is 69.4 Å². The van der Waals surface area contributed by atoms with Crippen molar-refractivity contribution in [2.75, 3.05) is 6.54 Å². The van der Waals surface area contributed by atoms with Gasteiger partial charge in [0.15, 0.2) is 5.43 Å². The molecule has 1 heterocycles. The lowest BCUT2D eigenvalue weighted by Crippen LogP contribution is -2.30. The fraction of sp³-hybridized carbons (Fsp3) is 0.200. The molecule has 20 heavy (non-hydrogen) atoms. The summed E-state index contributed by atoms with van der Waals surface area (Å²) in [6, 6.07) is 7.57. The van der Waals surface area contributed by atoms with Crippen molar-refractivity contribution < 1.29 is 9.18 Å². The van der Waals surface area contributed by atoms with E-state index in [1.54, 1.807) is 19.1 Å². The molecule has 0 aliphatic heterocycles. The second-order valence-corrected chi connectivity index (χ2v) is 4.53. The van der Waals surface area contributed by atoms with Gasteiger partial charge in [-0.25, -0.2) is 4.39 Å². The highest BCUT2D eigenvalue weighted by atomic mass is 19.1. The van der Waals surface area contributed by atoms with Crippen molar-refractivity contribution in [3.8, 4) is 0 Å². The summed E-state index contributed by atoms with van der Waals surface area (Å²) >= 11 is 0. The smallest absolute Gasteiger partial charge is 0.256 e. The number of hydrogen-bond donors (Lipinski definition) is 2. The number of H-pyrrole nitrogens is 1. The Morgan fingerprint density at radius 3 is 2.85 bits per heavy atom. The number of carbonyl (C=O) groups is 1. The van der Waals surface area contributed by atoms with Crippen LogP contribution >= 0.6 is 0 Å². The Kier molecular flexibility index (Phi) is 4.30. The van der Waals surface area contributed by atoms with Gasteiger partial charge >= 0.3 is 0 Å². The largest absolute Gasteiger partial charge is 0.364 e. The first-order valence-electron chi connectivity index (χ1n) is 6.28. The summed E-state index contributed by atoms with van der Waals surface area (Å²) < 4.78 is 13.0. The SMILES string of the molecule is Cc1cc(=O)c(C(=O)NCCc2cccc(F)c2)c[nH]1. The molecule has 2 aromatic rings. The van der Waals surface area contributed by atoms with E-state index in [0.717, 1.165) is 5.56 Å². The molecule has 0 spiro atoms. The summed E-state index contributed by atoms with van der Waals surface area (Å²) in [6.45, 7) is 2.09. The Hall–Kier alpha value is -2.43. The van der Waals surface area contributed by atoms with Crippen molar-refractivity contribution in [2.24, 2.45) is 0 Å². The Morgan fingerprint density at radius 1 is 1.35 bits per heavy atom. The van der Waals surface area contributed by atoms with E-state index in [4.69, 9.17) is 0 Å². The second kappa shape index (κ2) is 6.14. The number of aromatic amines is 1. The van der Waals surface area contributed by atoms with E-state index in [9.17, 15) is 14.0 Å². The van der Waals surface area contributed by atoms with E-state index in [2.05, 4.69) is 10.3 Å². The third-order valence-corrected chi connectivity index (χ3v) is 2.89. The number of aromatic nitrogens is 1. The highest BCUT2D eigenvalue weighted by Crippen LogP contribution is 2.03. The number of rotatable bonds is 4. The number of benzene rings is 1. The second-order valence-electron chi connectivity index (χ2n) is 4.53. The summed E-state index contributed by atoms with van der Waals surface area (Å²) in [5.41, 5.74) is 1.26. The maximum Gasteiger partial charge on any atom is 0.256 e. The summed E-state index contributed by atoms with van der Waals surface area (Å²) in [4.78, 5) is 26.3. The lowest BCUT2D eigenvalue weighted by Gasteiger charge is -2.05. The van der Waals surface area contributed by atoms with Gasteiger partial charge in [-0.05, 0) is 31.0 Å². The zero-order valence-electron chi connectivity index (χ0n) is 11.1. The van der Waals surface area contributed by atoms with Crippen LogP contribution in [0.3, 0.4) is 0 Å². The number of halogens is 1. The number of pyridine rings is 1. The Bertz CT molecular complexity index is 680.